The molecular formula is C12H16F3N3. The first-order valence-corrected chi connectivity index (χ1v) is 6.06. The summed E-state index contributed by atoms with van der Waals surface area (Å²) < 4.78 is 37.0. The van der Waals surface area contributed by atoms with E-state index in [1.54, 1.807) is 0 Å². The lowest BCUT2D eigenvalue weighted by Gasteiger charge is -2.17. The number of anilines is 1. The Labute approximate surface area is 104 Å². The third-order valence-corrected chi connectivity index (χ3v) is 3.00. The number of alkyl halides is 3. The Morgan fingerprint density at radius 1 is 1.22 bits per heavy atom. The maximum atomic E-state index is 12.3. The molecule has 1 fully saturated rings. The van der Waals surface area contributed by atoms with Crippen LogP contribution in [0.4, 0.5) is 18.9 Å². The molecule has 0 bridgehead atoms. The number of nitrogens with zero attached hydrogens (tertiary/aromatic N) is 1. The van der Waals surface area contributed by atoms with Crippen LogP contribution in [0.25, 0.3) is 0 Å². The van der Waals surface area contributed by atoms with Gasteiger partial charge in [-0.25, -0.2) is 4.98 Å². The van der Waals surface area contributed by atoms with Gasteiger partial charge in [-0.1, -0.05) is 0 Å². The van der Waals surface area contributed by atoms with Crippen LogP contribution in [-0.2, 0) is 6.18 Å². The highest BCUT2D eigenvalue weighted by atomic mass is 19.4. The number of nitrogens with one attached hydrogen (secondary N) is 2. The molecule has 0 saturated carbocycles. The molecule has 1 unspecified atom stereocenters. The van der Waals surface area contributed by atoms with E-state index in [0.717, 1.165) is 38.4 Å². The van der Waals surface area contributed by atoms with Crippen LogP contribution in [0.3, 0.4) is 0 Å². The molecule has 1 saturated heterocycles. The van der Waals surface area contributed by atoms with Gasteiger partial charge < -0.3 is 10.6 Å². The summed E-state index contributed by atoms with van der Waals surface area (Å²) in [6.45, 7) is 1.94. The number of hydrogen-bond donors (Lipinski definition) is 2. The quantitative estimate of drug-likeness (QED) is 0.857. The number of aromatic nitrogens is 1. The Balaban J connectivity index is 1.97. The van der Waals surface area contributed by atoms with Crippen molar-refractivity contribution in [3.8, 4) is 0 Å². The first kappa shape index (κ1) is 13.1. The topological polar surface area (TPSA) is 37.0 Å². The molecule has 0 aromatic carbocycles. The van der Waals surface area contributed by atoms with Crippen LogP contribution in [0.2, 0.25) is 0 Å². The van der Waals surface area contributed by atoms with E-state index in [1.807, 2.05) is 0 Å². The summed E-state index contributed by atoms with van der Waals surface area (Å²) in [5, 5.41) is 6.52. The summed E-state index contributed by atoms with van der Waals surface area (Å²) in [6.07, 6.45) is -0.0489. The highest BCUT2D eigenvalue weighted by molar-refractivity contribution is 5.42. The van der Waals surface area contributed by atoms with Gasteiger partial charge >= 0.3 is 6.18 Å². The van der Waals surface area contributed by atoms with E-state index >= 15 is 0 Å². The van der Waals surface area contributed by atoms with Gasteiger partial charge in [0.1, 0.15) is 5.69 Å². The summed E-state index contributed by atoms with van der Waals surface area (Å²) in [6, 6.07) is 2.75. The summed E-state index contributed by atoms with van der Waals surface area (Å²) in [4.78, 5) is 3.44. The van der Waals surface area contributed by atoms with Crippen LogP contribution in [0, 0.1) is 0 Å². The Hall–Kier alpha value is -1.30. The van der Waals surface area contributed by atoms with E-state index in [0.29, 0.717) is 11.7 Å². The monoisotopic (exact) mass is 259 g/mol. The van der Waals surface area contributed by atoms with Crippen molar-refractivity contribution >= 4 is 5.69 Å². The van der Waals surface area contributed by atoms with Gasteiger partial charge in [-0.3, -0.25) is 0 Å². The normalized spacial score (nSPS) is 21.4. The average Bonchev–Trinajstić information content (AvgIpc) is 2.57. The predicted molar refractivity (Wildman–Crippen MR) is 63.4 cm³/mol. The number of hydrogen-bond acceptors (Lipinski definition) is 3. The molecule has 2 rings (SSSR count). The second-order valence-corrected chi connectivity index (χ2v) is 4.45. The van der Waals surface area contributed by atoms with E-state index in [4.69, 9.17) is 0 Å². The highest BCUT2D eigenvalue weighted by Gasteiger charge is 2.32. The molecule has 3 nitrogen and oxygen atoms in total. The maximum Gasteiger partial charge on any atom is 0.433 e. The Bertz CT molecular complexity index is 367. The molecule has 1 aromatic heterocycles. The summed E-state index contributed by atoms with van der Waals surface area (Å²) in [5.41, 5.74) is -0.203. The third-order valence-electron chi connectivity index (χ3n) is 3.00. The molecule has 6 heteroatoms. The van der Waals surface area contributed by atoms with Gasteiger partial charge in [0.25, 0.3) is 0 Å². The zero-order valence-electron chi connectivity index (χ0n) is 9.93. The third kappa shape index (κ3) is 3.60. The summed E-state index contributed by atoms with van der Waals surface area (Å²) >= 11 is 0. The Morgan fingerprint density at radius 2 is 2.06 bits per heavy atom. The molecule has 100 valence electrons. The summed E-state index contributed by atoms with van der Waals surface area (Å²) in [5.74, 6) is 0. The molecule has 1 aromatic rings. The highest BCUT2D eigenvalue weighted by Crippen LogP contribution is 2.28. The summed E-state index contributed by atoms with van der Waals surface area (Å²) in [7, 11) is 0. The fraction of sp³-hybridized carbons (Fsp3) is 0.583. The van der Waals surface area contributed by atoms with Crippen molar-refractivity contribution in [2.24, 2.45) is 0 Å². The predicted octanol–water partition coefficient (Wildman–Crippen LogP) is 2.65. The number of halogens is 3. The molecule has 0 aliphatic carbocycles. The van der Waals surface area contributed by atoms with Crippen LogP contribution >= 0.6 is 0 Å². The lowest BCUT2D eigenvalue weighted by Crippen LogP contribution is -2.21. The van der Waals surface area contributed by atoms with Crippen molar-refractivity contribution < 1.29 is 13.2 Å². The minimum atomic E-state index is -4.37. The molecule has 1 aliphatic rings. The van der Waals surface area contributed by atoms with Gasteiger partial charge in [-0.05, 0) is 44.5 Å². The average molecular weight is 259 g/mol. The van der Waals surface area contributed by atoms with E-state index < -0.39 is 11.9 Å². The van der Waals surface area contributed by atoms with Crippen molar-refractivity contribution in [1.82, 2.24) is 10.3 Å². The second-order valence-electron chi connectivity index (χ2n) is 4.45. The van der Waals surface area contributed by atoms with Gasteiger partial charge in [0, 0.05) is 6.04 Å². The first-order valence-electron chi connectivity index (χ1n) is 6.06. The van der Waals surface area contributed by atoms with Crippen LogP contribution in [0.1, 0.15) is 25.0 Å². The lowest BCUT2D eigenvalue weighted by molar-refractivity contribution is -0.141. The molecular weight excluding hydrogens is 243 g/mol. The van der Waals surface area contributed by atoms with Crippen molar-refractivity contribution in [3.05, 3.63) is 24.0 Å². The molecule has 18 heavy (non-hydrogen) atoms. The van der Waals surface area contributed by atoms with Gasteiger partial charge in [0.15, 0.2) is 0 Å². The fourth-order valence-corrected chi connectivity index (χ4v) is 2.05. The van der Waals surface area contributed by atoms with Crippen LogP contribution in [0.15, 0.2) is 18.3 Å². The van der Waals surface area contributed by atoms with Gasteiger partial charge in [-0.2, -0.15) is 13.2 Å². The van der Waals surface area contributed by atoms with E-state index in [9.17, 15) is 13.2 Å². The molecule has 2 N–H and O–H groups in total. The van der Waals surface area contributed by atoms with Crippen molar-refractivity contribution in [2.45, 2.75) is 31.5 Å². The van der Waals surface area contributed by atoms with Gasteiger partial charge in [-0.15, -0.1) is 0 Å². The first-order chi connectivity index (χ1) is 8.55. The van der Waals surface area contributed by atoms with Gasteiger partial charge in [0.05, 0.1) is 11.9 Å². The van der Waals surface area contributed by atoms with Crippen molar-refractivity contribution in [2.75, 3.05) is 18.4 Å². The molecule has 2 heterocycles. The molecule has 1 atom stereocenters. The van der Waals surface area contributed by atoms with Crippen LogP contribution < -0.4 is 10.6 Å². The number of rotatable bonds is 2. The fourth-order valence-electron chi connectivity index (χ4n) is 2.05. The minimum absolute atomic E-state index is 0.304. The van der Waals surface area contributed by atoms with Crippen LogP contribution in [0.5, 0.6) is 0 Å². The smallest absolute Gasteiger partial charge is 0.381 e. The standard InChI is InChI=1S/C12H16F3N3/c13-12(14,15)11-4-3-10(8-17-11)18-9-2-1-6-16-7-5-9/h3-4,8-9,16,18H,1-2,5-7H2. The van der Waals surface area contributed by atoms with Gasteiger partial charge in [0.2, 0.25) is 0 Å². The maximum absolute atomic E-state index is 12.3. The molecule has 0 spiro atoms. The Kier molecular flexibility index (Phi) is 4.06. The SMILES string of the molecule is FC(F)(F)c1ccc(NC2CCCNCC2)cn1. The minimum Gasteiger partial charge on any atom is -0.381 e. The van der Waals surface area contributed by atoms with E-state index in [1.165, 1.54) is 12.3 Å². The van der Waals surface area contributed by atoms with Crippen LogP contribution in [-0.4, -0.2) is 24.1 Å². The molecule has 0 radical (unpaired) electrons. The zero-order valence-corrected chi connectivity index (χ0v) is 9.93. The molecule has 0 amide bonds. The lowest BCUT2D eigenvalue weighted by atomic mass is 10.1. The Morgan fingerprint density at radius 3 is 2.72 bits per heavy atom. The van der Waals surface area contributed by atoms with Crippen molar-refractivity contribution in [3.63, 3.8) is 0 Å². The van der Waals surface area contributed by atoms with Crippen molar-refractivity contribution in [1.29, 1.82) is 0 Å². The number of pyridine rings is 1. The largest absolute Gasteiger partial charge is 0.433 e. The second kappa shape index (κ2) is 5.56. The zero-order chi connectivity index (χ0) is 13.0. The van der Waals surface area contributed by atoms with E-state index in [-0.39, 0.29) is 0 Å². The van der Waals surface area contributed by atoms with E-state index in [2.05, 4.69) is 15.6 Å². The molecule has 1 aliphatic heterocycles.